The van der Waals surface area contributed by atoms with Crippen LogP contribution in [-0.4, -0.2) is 92.5 Å². The van der Waals surface area contributed by atoms with E-state index in [0.717, 1.165) is 13.1 Å². The van der Waals surface area contributed by atoms with Gasteiger partial charge in [0, 0.05) is 54.4 Å². The van der Waals surface area contributed by atoms with Gasteiger partial charge < -0.3 is 14.7 Å². The Morgan fingerprint density at radius 2 is 1.47 bits per heavy atom. The molecule has 0 saturated carbocycles. The maximum Gasteiger partial charge on any atom is 0.319 e. The zero-order valence-corrected chi connectivity index (χ0v) is 11.1. The summed E-state index contributed by atoms with van der Waals surface area (Å²) >= 11 is 0. The molecular formula is C11H22N4O2. The third-order valence-corrected chi connectivity index (χ3v) is 2.88. The van der Waals surface area contributed by atoms with Gasteiger partial charge in [-0.1, -0.05) is 0 Å². The Balaban J connectivity index is 2.36. The second-order valence-electron chi connectivity index (χ2n) is 4.73. The van der Waals surface area contributed by atoms with Crippen LogP contribution in [0.15, 0.2) is 0 Å². The molecule has 0 bridgehead atoms. The predicted molar refractivity (Wildman–Crippen MR) is 65.8 cm³/mol. The summed E-state index contributed by atoms with van der Waals surface area (Å²) in [7, 11) is 7.02. The molecule has 1 saturated heterocycles. The van der Waals surface area contributed by atoms with Gasteiger partial charge in [-0.3, -0.25) is 9.69 Å². The molecule has 0 aromatic heterocycles. The molecule has 1 rings (SSSR count). The first-order valence-electron chi connectivity index (χ1n) is 5.80. The van der Waals surface area contributed by atoms with Crippen molar-refractivity contribution in [1.82, 2.24) is 19.6 Å². The van der Waals surface area contributed by atoms with Crippen LogP contribution < -0.4 is 0 Å². The van der Waals surface area contributed by atoms with Crippen LogP contribution in [-0.2, 0) is 4.79 Å². The molecule has 17 heavy (non-hydrogen) atoms. The van der Waals surface area contributed by atoms with Gasteiger partial charge in [0.25, 0.3) is 0 Å². The first-order chi connectivity index (χ1) is 7.91. The van der Waals surface area contributed by atoms with Crippen LogP contribution in [0.1, 0.15) is 0 Å². The van der Waals surface area contributed by atoms with Gasteiger partial charge >= 0.3 is 6.03 Å². The molecule has 1 aliphatic heterocycles. The van der Waals surface area contributed by atoms with Gasteiger partial charge in [-0.2, -0.15) is 0 Å². The minimum Gasteiger partial charge on any atom is -0.348 e. The Morgan fingerprint density at radius 3 is 1.88 bits per heavy atom. The lowest BCUT2D eigenvalue weighted by atomic mass is 10.3. The topological polar surface area (TPSA) is 47.1 Å². The number of carbonyl (C=O) groups is 2. The van der Waals surface area contributed by atoms with Crippen molar-refractivity contribution in [2.75, 3.05) is 60.9 Å². The van der Waals surface area contributed by atoms with Crippen LogP contribution in [0.2, 0.25) is 0 Å². The van der Waals surface area contributed by atoms with Gasteiger partial charge in [0.1, 0.15) is 0 Å². The number of hydrogen-bond donors (Lipinski definition) is 0. The third kappa shape index (κ3) is 3.89. The predicted octanol–water partition coefficient (Wildman–Crippen LogP) is -0.626. The highest BCUT2D eigenvalue weighted by Crippen LogP contribution is 2.04. The molecule has 0 aliphatic carbocycles. The second-order valence-corrected chi connectivity index (χ2v) is 4.73. The van der Waals surface area contributed by atoms with Crippen LogP contribution in [0.25, 0.3) is 0 Å². The van der Waals surface area contributed by atoms with Crippen LogP contribution in [0.5, 0.6) is 0 Å². The first-order valence-corrected chi connectivity index (χ1v) is 5.80. The monoisotopic (exact) mass is 242 g/mol. The summed E-state index contributed by atoms with van der Waals surface area (Å²) in [6, 6.07) is 0.0450. The van der Waals surface area contributed by atoms with Gasteiger partial charge in [-0.05, 0) is 0 Å². The number of urea groups is 1. The summed E-state index contributed by atoms with van der Waals surface area (Å²) in [6.07, 6.45) is 0. The highest BCUT2D eigenvalue weighted by molar-refractivity contribution is 5.77. The van der Waals surface area contributed by atoms with Crippen molar-refractivity contribution >= 4 is 11.9 Å². The first kappa shape index (κ1) is 13.8. The van der Waals surface area contributed by atoms with Crippen molar-refractivity contribution in [2.45, 2.75) is 0 Å². The number of likely N-dealkylation sites (N-methyl/N-ethyl adjacent to an activating group) is 1. The summed E-state index contributed by atoms with van der Waals surface area (Å²) < 4.78 is 0. The lowest BCUT2D eigenvalue weighted by Gasteiger charge is -2.35. The second kappa shape index (κ2) is 5.86. The average molecular weight is 242 g/mol. The molecule has 0 spiro atoms. The highest BCUT2D eigenvalue weighted by atomic mass is 16.2. The zero-order chi connectivity index (χ0) is 13.0. The molecule has 98 valence electrons. The average Bonchev–Trinajstić information content (AvgIpc) is 2.28. The standard InChI is InChI=1S/C11H22N4O2/c1-12(2)10(16)9-14-5-7-15(8-6-14)11(17)13(3)4/h5-9H2,1-4H3. The van der Waals surface area contributed by atoms with Crippen molar-refractivity contribution in [3.8, 4) is 0 Å². The molecule has 6 heteroatoms. The van der Waals surface area contributed by atoms with E-state index < -0.39 is 0 Å². The minimum absolute atomic E-state index is 0.0450. The van der Waals surface area contributed by atoms with Crippen molar-refractivity contribution in [2.24, 2.45) is 0 Å². The SMILES string of the molecule is CN(C)C(=O)CN1CCN(C(=O)N(C)C)CC1. The fourth-order valence-corrected chi connectivity index (χ4v) is 1.71. The number of amides is 3. The van der Waals surface area contributed by atoms with Crippen LogP contribution in [0, 0.1) is 0 Å². The lowest BCUT2D eigenvalue weighted by Crippen LogP contribution is -2.53. The number of hydrogen-bond acceptors (Lipinski definition) is 3. The van der Waals surface area contributed by atoms with Gasteiger partial charge in [0.2, 0.25) is 5.91 Å². The Bertz CT molecular complexity index is 283. The van der Waals surface area contributed by atoms with Crippen molar-refractivity contribution in [3.63, 3.8) is 0 Å². The fraction of sp³-hybridized carbons (Fsp3) is 0.818. The Hall–Kier alpha value is -1.30. The minimum atomic E-state index is 0.0450. The summed E-state index contributed by atoms with van der Waals surface area (Å²) in [5.74, 6) is 0.109. The van der Waals surface area contributed by atoms with E-state index in [1.54, 1.807) is 38.0 Å². The Labute approximate surface area is 103 Å². The molecule has 1 aliphatic rings. The largest absolute Gasteiger partial charge is 0.348 e. The number of nitrogens with zero attached hydrogens (tertiary/aromatic N) is 4. The van der Waals surface area contributed by atoms with Crippen LogP contribution in [0.4, 0.5) is 4.79 Å². The zero-order valence-electron chi connectivity index (χ0n) is 11.1. The molecule has 0 N–H and O–H groups in total. The smallest absolute Gasteiger partial charge is 0.319 e. The third-order valence-electron chi connectivity index (χ3n) is 2.88. The summed E-state index contributed by atoms with van der Waals surface area (Å²) in [5, 5.41) is 0. The lowest BCUT2D eigenvalue weighted by molar-refractivity contribution is -0.130. The normalized spacial score (nSPS) is 16.8. The van der Waals surface area contributed by atoms with Crippen LogP contribution >= 0.6 is 0 Å². The molecule has 6 nitrogen and oxygen atoms in total. The van der Waals surface area contributed by atoms with Crippen molar-refractivity contribution in [3.05, 3.63) is 0 Å². The van der Waals surface area contributed by atoms with Gasteiger partial charge in [0.05, 0.1) is 6.54 Å². The number of carbonyl (C=O) groups excluding carboxylic acids is 2. The van der Waals surface area contributed by atoms with E-state index in [-0.39, 0.29) is 11.9 Å². The maximum absolute atomic E-state index is 11.7. The molecule has 0 unspecified atom stereocenters. The fourth-order valence-electron chi connectivity index (χ4n) is 1.71. The van der Waals surface area contributed by atoms with Crippen LogP contribution in [0.3, 0.4) is 0 Å². The Kier molecular flexibility index (Phi) is 4.74. The molecular weight excluding hydrogens is 220 g/mol. The molecule has 0 aromatic carbocycles. The van der Waals surface area contributed by atoms with Crippen molar-refractivity contribution < 1.29 is 9.59 Å². The molecule has 0 atom stereocenters. The van der Waals surface area contributed by atoms with E-state index in [0.29, 0.717) is 19.6 Å². The van der Waals surface area contributed by atoms with Gasteiger partial charge in [-0.25, -0.2) is 4.79 Å². The van der Waals surface area contributed by atoms with E-state index in [4.69, 9.17) is 0 Å². The van der Waals surface area contributed by atoms with Crippen molar-refractivity contribution in [1.29, 1.82) is 0 Å². The molecule has 0 aromatic rings. The van der Waals surface area contributed by atoms with E-state index in [1.165, 1.54) is 0 Å². The molecule has 0 radical (unpaired) electrons. The maximum atomic E-state index is 11.7. The molecule has 1 fully saturated rings. The van der Waals surface area contributed by atoms with Gasteiger partial charge in [0.15, 0.2) is 0 Å². The molecule has 1 heterocycles. The summed E-state index contributed by atoms with van der Waals surface area (Å²) in [5.41, 5.74) is 0. The van der Waals surface area contributed by atoms with E-state index >= 15 is 0 Å². The highest BCUT2D eigenvalue weighted by Gasteiger charge is 2.23. The number of rotatable bonds is 2. The molecule has 3 amide bonds. The van der Waals surface area contributed by atoms with E-state index in [2.05, 4.69) is 4.90 Å². The summed E-state index contributed by atoms with van der Waals surface area (Å²) in [6.45, 7) is 3.35. The Morgan fingerprint density at radius 1 is 0.941 bits per heavy atom. The number of piperazine rings is 1. The quantitative estimate of drug-likeness (QED) is 0.648. The van der Waals surface area contributed by atoms with E-state index in [9.17, 15) is 9.59 Å². The van der Waals surface area contributed by atoms with E-state index in [1.807, 2.05) is 4.90 Å². The van der Waals surface area contributed by atoms with Gasteiger partial charge in [-0.15, -0.1) is 0 Å². The summed E-state index contributed by atoms with van der Waals surface area (Å²) in [4.78, 5) is 30.3.